The first-order valence-electron chi connectivity index (χ1n) is 9.15. The van der Waals surface area contributed by atoms with Gasteiger partial charge in [0, 0.05) is 44.0 Å². The van der Waals surface area contributed by atoms with E-state index in [-0.39, 0.29) is 0 Å². The van der Waals surface area contributed by atoms with Crippen LogP contribution in [0.15, 0.2) is 36.5 Å². The van der Waals surface area contributed by atoms with Crippen LogP contribution in [0.4, 0.5) is 0 Å². The molecule has 0 N–H and O–H groups in total. The van der Waals surface area contributed by atoms with E-state index in [0.29, 0.717) is 6.04 Å². The fraction of sp³-hybridized carbons (Fsp3) is 0.550. The van der Waals surface area contributed by atoms with Crippen molar-refractivity contribution in [2.24, 2.45) is 0 Å². The summed E-state index contributed by atoms with van der Waals surface area (Å²) in [5.74, 6) is 0. The van der Waals surface area contributed by atoms with E-state index in [2.05, 4.69) is 72.3 Å². The van der Waals surface area contributed by atoms with Crippen LogP contribution in [0.25, 0.3) is 0 Å². The summed E-state index contributed by atoms with van der Waals surface area (Å²) in [4.78, 5) is 5.11. The van der Waals surface area contributed by atoms with Crippen molar-refractivity contribution in [3.8, 4) is 0 Å². The van der Waals surface area contributed by atoms with Crippen molar-refractivity contribution in [2.45, 2.75) is 52.4 Å². The first-order valence-corrected chi connectivity index (χ1v) is 9.15. The van der Waals surface area contributed by atoms with E-state index in [0.717, 1.165) is 26.2 Å². The predicted molar refractivity (Wildman–Crippen MR) is 98.8 cm³/mol. The zero-order chi connectivity index (χ0) is 16.9. The number of hydrogen-bond acceptors (Lipinski definition) is 3. The van der Waals surface area contributed by atoms with E-state index in [1.54, 1.807) is 0 Å². The first-order chi connectivity index (χ1) is 11.7. The monoisotopic (exact) mass is 326 g/mol. The van der Waals surface area contributed by atoms with Gasteiger partial charge < -0.3 is 0 Å². The van der Waals surface area contributed by atoms with Gasteiger partial charge in [0.1, 0.15) is 0 Å². The maximum absolute atomic E-state index is 4.58. The van der Waals surface area contributed by atoms with Crippen LogP contribution in [0.3, 0.4) is 0 Å². The van der Waals surface area contributed by atoms with E-state index in [9.17, 15) is 0 Å². The Morgan fingerprint density at radius 3 is 2.75 bits per heavy atom. The summed E-state index contributed by atoms with van der Waals surface area (Å²) in [5.41, 5.74) is 3.96. The maximum atomic E-state index is 4.58. The Morgan fingerprint density at radius 1 is 1.25 bits per heavy atom. The van der Waals surface area contributed by atoms with Crippen molar-refractivity contribution in [3.63, 3.8) is 0 Å². The Balaban J connectivity index is 1.58. The molecule has 0 aliphatic carbocycles. The summed E-state index contributed by atoms with van der Waals surface area (Å²) >= 11 is 0. The highest BCUT2D eigenvalue weighted by Crippen LogP contribution is 2.19. The molecule has 1 aromatic carbocycles. The molecule has 4 heteroatoms. The van der Waals surface area contributed by atoms with Crippen molar-refractivity contribution in [1.82, 2.24) is 19.6 Å². The number of likely N-dealkylation sites (tertiary alicyclic amines) is 1. The summed E-state index contributed by atoms with van der Waals surface area (Å²) in [6.07, 6.45) is 4.80. The van der Waals surface area contributed by atoms with Gasteiger partial charge >= 0.3 is 0 Å². The lowest BCUT2D eigenvalue weighted by Crippen LogP contribution is -2.45. The number of benzene rings is 1. The number of piperidine rings is 1. The molecule has 2 heterocycles. The molecule has 0 radical (unpaired) electrons. The van der Waals surface area contributed by atoms with Crippen molar-refractivity contribution in [3.05, 3.63) is 53.3 Å². The Morgan fingerprint density at radius 2 is 2.04 bits per heavy atom. The molecule has 0 spiro atoms. The zero-order valence-electron chi connectivity index (χ0n) is 15.3. The third kappa shape index (κ3) is 4.25. The molecule has 24 heavy (non-hydrogen) atoms. The predicted octanol–water partition coefficient (Wildman–Crippen LogP) is 3.31. The molecule has 1 aliphatic rings. The smallest absolute Gasteiger partial charge is 0.0638 e. The van der Waals surface area contributed by atoms with Crippen molar-refractivity contribution >= 4 is 0 Å². The van der Waals surface area contributed by atoms with Crippen LogP contribution in [0.2, 0.25) is 0 Å². The molecule has 1 aliphatic heterocycles. The molecule has 130 valence electrons. The minimum atomic E-state index is 0.639. The molecule has 3 rings (SSSR count). The summed E-state index contributed by atoms with van der Waals surface area (Å²) in [6, 6.07) is 11.4. The van der Waals surface area contributed by atoms with E-state index in [1.807, 2.05) is 4.68 Å². The Bertz CT molecular complexity index is 634. The molecule has 0 amide bonds. The molecule has 0 saturated carbocycles. The average Bonchev–Trinajstić information content (AvgIpc) is 2.96. The minimum Gasteiger partial charge on any atom is -0.298 e. The maximum Gasteiger partial charge on any atom is 0.0638 e. The lowest BCUT2D eigenvalue weighted by molar-refractivity contribution is 0.107. The normalized spacial score (nSPS) is 19.1. The summed E-state index contributed by atoms with van der Waals surface area (Å²) in [5, 5.41) is 4.58. The van der Waals surface area contributed by atoms with Gasteiger partial charge in [0.25, 0.3) is 0 Å². The molecule has 1 saturated heterocycles. The molecule has 2 aromatic rings. The van der Waals surface area contributed by atoms with Gasteiger partial charge in [0.2, 0.25) is 0 Å². The highest BCUT2D eigenvalue weighted by Gasteiger charge is 2.24. The van der Waals surface area contributed by atoms with Gasteiger partial charge in [-0.1, -0.05) is 30.3 Å². The highest BCUT2D eigenvalue weighted by atomic mass is 15.3. The summed E-state index contributed by atoms with van der Waals surface area (Å²) < 4.78 is 2.05. The lowest BCUT2D eigenvalue weighted by Gasteiger charge is -2.37. The average molecular weight is 326 g/mol. The second-order valence-corrected chi connectivity index (χ2v) is 7.03. The Kier molecular flexibility index (Phi) is 5.69. The summed E-state index contributed by atoms with van der Waals surface area (Å²) in [7, 11) is 2.27. The fourth-order valence-corrected chi connectivity index (χ4v) is 3.65. The second-order valence-electron chi connectivity index (χ2n) is 7.03. The lowest BCUT2D eigenvalue weighted by atomic mass is 10.0. The summed E-state index contributed by atoms with van der Waals surface area (Å²) in [6.45, 7) is 9.64. The molecule has 1 aromatic heterocycles. The third-order valence-electron chi connectivity index (χ3n) is 5.14. The number of rotatable bonds is 6. The van der Waals surface area contributed by atoms with E-state index < -0.39 is 0 Å². The van der Waals surface area contributed by atoms with Crippen molar-refractivity contribution < 1.29 is 0 Å². The van der Waals surface area contributed by atoms with Gasteiger partial charge in [0.05, 0.1) is 5.69 Å². The van der Waals surface area contributed by atoms with Crippen LogP contribution in [-0.2, 0) is 19.6 Å². The van der Waals surface area contributed by atoms with Gasteiger partial charge in [-0.2, -0.15) is 5.10 Å². The van der Waals surface area contributed by atoms with Crippen LogP contribution in [-0.4, -0.2) is 45.8 Å². The molecule has 0 bridgehead atoms. The second kappa shape index (κ2) is 7.95. The number of nitrogens with zero attached hydrogens (tertiary/aromatic N) is 4. The van der Waals surface area contributed by atoms with Gasteiger partial charge in [-0.3, -0.25) is 14.5 Å². The van der Waals surface area contributed by atoms with Crippen LogP contribution in [0, 0.1) is 6.92 Å². The zero-order valence-corrected chi connectivity index (χ0v) is 15.3. The number of aromatic nitrogens is 2. The molecule has 1 fully saturated rings. The van der Waals surface area contributed by atoms with Crippen LogP contribution in [0.5, 0.6) is 0 Å². The quantitative estimate of drug-likeness (QED) is 0.814. The number of aryl methyl sites for hydroxylation is 2. The number of likely N-dealkylation sites (N-methyl/N-ethyl adjacent to an activating group) is 1. The van der Waals surface area contributed by atoms with Gasteiger partial charge in [-0.15, -0.1) is 0 Å². The number of hydrogen-bond donors (Lipinski definition) is 0. The molecule has 1 atom stereocenters. The molecular weight excluding hydrogens is 296 g/mol. The highest BCUT2D eigenvalue weighted by molar-refractivity contribution is 5.16. The van der Waals surface area contributed by atoms with E-state index in [1.165, 1.54) is 36.2 Å². The topological polar surface area (TPSA) is 24.3 Å². The molecule has 1 unspecified atom stereocenters. The fourth-order valence-electron chi connectivity index (χ4n) is 3.65. The SMILES string of the molecule is CCn1cc(CN2CCCC(N(C)Cc3ccccc3)C2)c(C)n1. The third-order valence-corrected chi connectivity index (χ3v) is 5.14. The minimum absolute atomic E-state index is 0.639. The Hall–Kier alpha value is -1.65. The van der Waals surface area contributed by atoms with Crippen molar-refractivity contribution in [1.29, 1.82) is 0 Å². The van der Waals surface area contributed by atoms with Crippen LogP contribution >= 0.6 is 0 Å². The van der Waals surface area contributed by atoms with Gasteiger partial charge in [-0.25, -0.2) is 0 Å². The van der Waals surface area contributed by atoms with E-state index >= 15 is 0 Å². The van der Waals surface area contributed by atoms with Gasteiger partial charge in [0.15, 0.2) is 0 Å². The molecule has 4 nitrogen and oxygen atoms in total. The van der Waals surface area contributed by atoms with Crippen LogP contribution < -0.4 is 0 Å². The van der Waals surface area contributed by atoms with Crippen LogP contribution in [0.1, 0.15) is 36.6 Å². The largest absolute Gasteiger partial charge is 0.298 e. The van der Waals surface area contributed by atoms with Crippen molar-refractivity contribution in [2.75, 3.05) is 20.1 Å². The standard InChI is InChI=1S/C20H30N4/c1-4-24-15-19(17(2)21-24)14-23-12-8-11-20(16-23)22(3)13-18-9-6-5-7-10-18/h5-7,9-10,15,20H,4,8,11-14,16H2,1-3H3. The van der Waals surface area contributed by atoms with Gasteiger partial charge in [-0.05, 0) is 45.8 Å². The first kappa shape index (κ1) is 17.2. The Labute approximate surface area is 146 Å². The van der Waals surface area contributed by atoms with E-state index in [4.69, 9.17) is 0 Å². The molecular formula is C20H30N4.